The van der Waals surface area contributed by atoms with Gasteiger partial charge in [0.2, 0.25) is 0 Å². The molecule has 2 heteroatoms. The highest BCUT2D eigenvalue weighted by molar-refractivity contribution is 8.20. The Kier molecular flexibility index (Phi) is 4.25. The summed E-state index contributed by atoms with van der Waals surface area (Å²) in [7, 11) is 0. The van der Waals surface area contributed by atoms with Gasteiger partial charge in [0.25, 0.3) is 0 Å². The van der Waals surface area contributed by atoms with E-state index < -0.39 is 0 Å². The van der Waals surface area contributed by atoms with Crippen LogP contribution in [0.5, 0.6) is 0 Å². The summed E-state index contributed by atoms with van der Waals surface area (Å²) >= 11 is 3.69. The van der Waals surface area contributed by atoms with Crippen LogP contribution in [0.25, 0.3) is 32.1 Å². The molecule has 0 nitrogen and oxygen atoms in total. The molecule has 1 aliphatic heterocycles. The molecule has 0 saturated carbocycles. The molecule has 0 bridgehead atoms. The Labute approximate surface area is 197 Å². The summed E-state index contributed by atoms with van der Waals surface area (Å²) in [4.78, 5) is 2.69. The zero-order chi connectivity index (χ0) is 21.1. The Balaban J connectivity index is 1.17. The SMILES string of the molecule is C1=C(c2ccc3c(c2)Cc2ccccc2-3)SC(c2ccc3c(c2)Cc2ccccc2-3)=CS1. The molecule has 152 valence electrons. The average molecular weight is 445 g/mol. The van der Waals surface area contributed by atoms with E-state index >= 15 is 0 Å². The topological polar surface area (TPSA) is 0 Å². The lowest BCUT2D eigenvalue weighted by Gasteiger charge is -2.16. The maximum atomic E-state index is 2.40. The van der Waals surface area contributed by atoms with Crippen LogP contribution in [0.3, 0.4) is 0 Å². The number of hydrogen-bond donors (Lipinski definition) is 0. The molecule has 0 amide bonds. The maximum absolute atomic E-state index is 2.40. The second-order valence-electron chi connectivity index (χ2n) is 8.61. The van der Waals surface area contributed by atoms with Gasteiger partial charge >= 0.3 is 0 Å². The van der Waals surface area contributed by atoms with Gasteiger partial charge in [0.15, 0.2) is 0 Å². The van der Waals surface area contributed by atoms with Crippen molar-refractivity contribution in [2.75, 3.05) is 0 Å². The molecule has 0 fully saturated rings. The van der Waals surface area contributed by atoms with E-state index in [9.17, 15) is 0 Å². The maximum Gasteiger partial charge on any atom is 0.0261 e. The molecular weight excluding hydrogens is 424 g/mol. The minimum absolute atomic E-state index is 1.04. The number of thioether (sulfide) groups is 2. The summed E-state index contributed by atoms with van der Waals surface area (Å²) in [5.74, 6) is 0. The quantitative estimate of drug-likeness (QED) is 0.262. The van der Waals surface area contributed by atoms with Crippen LogP contribution >= 0.6 is 23.5 Å². The monoisotopic (exact) mass is 444 g/mol. The molecule has 2 aliphatic carbocycles. The van der Waals surface area contributed by atoms with Crippen molar-refractivity contribution in [2.24, 2.45) is 0 Å². The Morgan fingerprint density at radius 2 is 0.938 bits per heavy atom. The van der Waals surface area contributed by atoms with Crippen LogP contribution in [0, 0.1) is 0 Å². The molecule has 0 spiro atoms. The van der Waals surface area contributed by atoms with Gasteiger partial charge in [-0.15, -0.1) is 11.8 Å². The van der Waals surface area contributed by atoms with Gasteiger partial charge in [-0.3, -0.25) is 0 Å². The predicted octanol–water partition coefficient (Wildman–Crippen LogP) is 8.61. The highest BCUT2D eigenvalue weighted by Gasteiger charge is 2.22. The number of hydrogen-bond acceptors (Lipinski definition) is 2. The first kappa shape index (κ1) is 18.6. The van der Waals surface area contributed by atoms with Crippen LogP contribution in [0.2, 0.25) is 0 Å². The van der Waals surface area contributed by atoms with Crippen molar-refractivity contribution in [3.63, 3.8) is 0 Å². The smallest absolute Gasteiger partial charge is 0.0261 e. The molecule has 4 aromatic rings. The third-order valence-corrected chi connectivity index (χ3v) is 8.92. The average Bonchev–Trinajstić information content (AvgIpc) is 3.41. The molecule has 1 heterocycles. The summed E-state index contributed by atoms with van der Waals surface area (Å²) < 4.78 is 0. The van der Waals surface area contributed by atoms with Crippen molar-refractivity contribution in [3.05, 3.63) is 129 Å². The second kappa shape index (κ2) is 7.30. The Morgan fingerprint density at radius 3 is 1.47 bits per heavy atom. The van der Waals surface area contributed by atoms with E-state index in [0.29, 0.717) is 0 Å². The fourth-order valence-electron chi connectivity index (χ4n) is 5.17. The van der Waals surface area contributed by atoms with Crippen molar-refractivity contribution in [2.45, 2.75) is 12.8 Å². The van der Waals surface area contributed by atoms with E-state index in [1.165, 1.54) is 65.4 Å². The standard InChI is InChI=1S/C30H20S2/c1-3-7-25-19(5-1)13-23-15-21(9-11-27(23)25)29-17-31-18-30(32-29)22-10-12-28-24(16-22)14-20-6-2-4-8-26(20)28/h1-12,15-18H,13-14H2. The minimum Gasteiger partial charge on any atom is -0.104 e. The summed E-state index contributed by atoms with van der Waals surface area (Å²) in [5.41, 5.74) is 14.0. The first-order chi connectivity index (χ1) is 15.8. The van der Waals surface area contributed by atoms with Crippen LogP contribution < -0.4 is 0 Å². The molecule has 7 rings (SSSR count). The highest BCUT2D eigenvalue weighted by atomic mass is 32.2. The Bertz CT molecular complexity index is 1360. The van der Waals surface area contributed by atoms with Crippen molar-refractivity contribution in [1.29, 1.82) is 0 Å². The lowest BCUT2D eigenvalue weighted by Crippen LogP contribution is -1.90. The lowest BCUT2D eigenvalue weighted by atomic mass is 10.0. The molecule has 0 N–H and O–H groups in total. The molecule has 0 unspecified atom stereocenters. The van der Waals surface area contributed by atoms with Gasteiger partial charge in [-0.2, -0.15) is 0 Å². The van der Waals surface area contributed by atoms with Gasteiger partial charge in [-0.1, -0.05) is 84.6 Å². The summed E-state index contributed by atoms with van der Waals surface area (Å²) in [6.07, 6.45) is 2.08. The van der Waals surface area contributed by atoms with Gasteiger partial charge in [-0.05, 0) is 91.4 Å². The fraction of sp³-hybridized carbons (Fsp3) is 0.0667. The Morgan fingerprint density at radius 1 is 0.469 bits per heavy atom. The van der Waals surface area contributed by atoms with Gasteiger partial charge < -0.3 is 0 Å². The molecule has 0 saturated heterocycles. The third kappa shape index (κ3) is 2.94. The lowest BCUT2D eigenvalue weighted by molar-refractivity contribution is 1.26. The first-order valence-electron chi connectivity index (χ1n) is 11.0. The highest BCUT2D eigenvalue weighted by Crippen LogP contribution is 2.48. The molecule has 0 radical (unpaired) electrons. The van der Waals surface area contributed by atoms with Gasteiger partial charge in [0.1, 0.15) is 0 Å². The van der Waals surface area contributed by atoms with E-state index in [4.69, 9.17) is 0 Å². The van der Waals surface area contributed by atoms with Crippen LogP contribution in [0.4, 0.5) is 0 Å². The summed E-state index contributed by atoms with van der Waals surface area (Å²) in [5, 5.41) is 4.59. The van der Waals surface area contributed by atoms with Crippen molar-refractivity contribution < 1.29 is 0 Å². The van der Waals surface area contributed by atoms with E-state index in [1.54, 1.807) is 11.8 Å². The third-order valence-electron chi connectivity index (χ3n) is 6.73. The molecule has 0 aromatic heterocycles. The van der Waals surface area contributed by atoms with E-state index in [1.807, 2.05) is 11.8 Å². The molecular formula is C30H20S2. The molecule has 4 aromatic carbocycles. The van der Waals surface area contributed by atoms with Gasteiger partial charge in [0, 0.05) is 9.81 Å². The van der Waals surface area contributed by atoms with Crippen molar-refractivity contribution in [3.8, 4) is 22.3 Å². The molecule has 32 heavy (non-hydrogen) atoms. The summed E-state index contributed by atoms with van der Waals surface area (Å²) in [6, 6.07) is 31.6. The fourth-order valence-corrected chi connectivity index (χ4v) is 7.21. The number of fused-ring (bicyclic) bond motifs is 6. The largest absolute Gasteiger partial charge is 0.104 e. The van der Waals surface area contributed by atoms with Crippen LogP contribution in [-0.4, -0.2) is 0 Å². The number of benzene rings is 4. The Hall–Kier alpha value is -2.94. The molecule has 0 atom stereocenters. The zero-order valence-electron chi connectivity index (χ0n) is 17.5. The van der Waals surface area contributed by atoms with Gasteiger partial charge in [0.05, 0.1) is 0 Å². The summed E-state index contributed by atoms with van der Waals surface area (Å²) in [6.45, 7) is 0. The van der Waals surface area contributed by atoms with E-state index in [2.05, 4.69) is 95.7 Å². The van der Waals surface area contributed by atoms with E-state index in [0.717, 1.165) is 12.8 Å². The normalized spacial score (nSPS) is 15.4. The molecule has 3 aliphatic rings. The van der Waals surface area contributed by atoms with Crippen LogP contribution in [-0.2, 0) is 12.8 Å². The predicted molar refractivity (Wildman–Crippen MR) is 141 cm³/mol. The van der Waals surface area contributed by atoms with Crippen molar-refractivity contribution in [1.82, 2.24) is 0 Å². The van der Waals surface area contributed by atoms with Crippen molar-refractivity contribution >= 4 is 33.3 Å². The van der Waals surface area contributed by atoms with E-state index in [-0.39, 0.29) is 0 Å². The van der Waals surface area contributed by atoms with Crippen LogP contribution in [0.15, 0.2) is 95.7 Å². The zero-order valence-corrected chi connectivity index (χ0v) is 19.1. The number of rotatable bonds is 2. The first-order valence-corrected chi connectivity index (χ1v) is 12.8. The minimum atomic E-state index is 1.04. The second-order valence-corrected chi connectivity index (χ2v) is 10.4. The van der Waals surface area contributed by atoms with Crippen LogP contribution in [0.1, 0.15) is 33.4 Å². The van der Waals surface area contributed by atoms with Gasteiger partial charge in [-0.25, -0.2) is 0 Å².